The average Bonchev–Trinajstić information content (AvgIpc) is 2.73. The van der Waals surface area contributed by atoms with Crippen molar-refractivity contribution in [3.05, 3.63) is 71.3 Å². The molecule has 29 heavy (non-hydrogen) atoms. The number of amides is 3. The molecule has 1 atom stereocenters. The number of rotatable bonds is 5. The molecule has 1 heterocycles. The summed E-state index contributed by atoms with van der Waals surface area (Å²) in [6, 6.07) is 18.0. The van der Waals surface area contributed by atoms with Gasteiger partial charge in [0.05, 0.1) is 0 Å². The van der Waals surface area contributed by atoms with Gasteiger partial charge < -0.3 is 15.1 Å². The Bertz CT molecular complexity index is 835. The van der Waals surface area contributed by atoms with E-state index in [1.54, 1.807) is 4.90 Å². The summed E-state index contributed by atoms with van der Waals surface area (Å²) in [5, 5.41) is 2.98. The van der Waals surface area contributed by atoms with Gasteiger partial charge in [0, 0.05) is 44.2 Å². The smallest absolute Gasteiger partial charge is 0.317 e. The maximum atomic E-state index is 12.9. The van der Waals surface area contributed by atoms with E-state index >= 15 is 0 Å². The summed E-state index contributed by atoms with van der Waals surface area (Å²) >= 11 is 0. The first kappa shape index (κ1) is 20.9. The third kappa shape index (κ3) is 5.59. The van der Waals surface area contributed by atoms with Gasteiger partial charge in [0.2, 0.25) is 0 Å². The van der Waals surface area contributed by atoms with E-state index in [4.69, 9.17) is 0 Å². The number of nitrogens with one attached hydrogen (secondary N) is 1. The number of carbonyl (C=O) groups is 2. The van der Waals surface area contributed by atoms with E-state index in [1.807, 2.05) is 74.3 Å². The molecule has 3 amide bonds. The largest absolute Gasteiger partial charge is 0.337 e. The molecule has 1 saturated heterocycles. The lowest BCUT2D eigenvalue weighted by Gasteiger charge is -2.33. The van der Waals surface area contributed by atoms with Crippen LogP contribution in [-0.4, -0.2) is 47.9 Å². The molecule has 0 aromatic heterocycles. The van der Waals surface area contributed by atoms with Crippen molar-refractivity contribution in [3.8, 4) is 0 Å². The molecule has 5 heteroatoms. The minimum Gasteiger partial charge on any atom is -0.337 e. The molecule has 1 fully saturated rings. The number of nitrogens with zero attached hydrogens (tertiary/aromatic N) is 2. The van der Waals surface area contributed by atoms with Crippen LogP contribution in [0.15, 0.2) is 54.6 Å². The van der Waals surface area contributed by atoms with Crippen LogP contribution in [0.3, 0.4) is 0 Å². The predicted octanol–water partition coefficient (Wildman–Crippen LogP) is 4.26. The molecule has 3 rings (SSSR count). The lowest BCUT2D eigenvalue weighted by molar-refractivity contribution is 0.0785. The van der Waals surface area contributed by atoms with Crippen molar-refractivity contribution in [1.29, 1.82) is 0 Å². The van der Waals surface area contributed by atoms with Gasteiger partial charge in [-0.3, -0.25) is 4.79 Å². The summed E-state index contributed by atoms with van der Waals surface area (Å²) in [6.07, 6.45) is 2.01. The second-order valence-corrected chi connectivity index (χ2v) is 8.16. The van der Waals surface area contributed by atoms with Crippen LogP contribution in [0, 0.1) is 0 Å². The molecule has 0 spiro atoms. The third-order valence-corrected chi connectivity index (χ3v) is 5.34. The molecule has 0 saturated carbocycles. The van der Waals surface area contributed by atoms with Crippen LogP contribution in [0.25, 0.3) is 0 Å². The highest BCUT2D eigenvalue weighted by Gasteiger charge is 2.25. The number of hydrogen-bond donors (Lipinski definition) is 1. The summed E-state index contributed by atoms with van der Waals surface area (Å²) < 4.78 is 0. The lowest BCUT2D eigenvalue weighted by atomic mass is 9.89. The molecule has 0 bridgehead atoms. The van der Waals surface area contributed by atoms with Crippen LogP contribution < -0.4 is 5.32 Å². The van der Waals surface area contributed by atoms with E-state index in [0.717, 1.165) is 30.5 Å². The number of urea groups is 1. The molecule has 2 aromatic carbocycles. The van der Waals surface area contributed by atoms with Crippen molar-refractivity contribution in [2.45, 2.75) is 45.2 Å². The molecular weight excluding hydrogens is 362 g/mol. The molecular formula is C24H31N3O2. The van der Waals surface area contributed by atoms with E-state index in [1.165, 1.54) is 0 Å². The fourth-order valence-corrected chi connectivity index (χ4v) is 3.85. The number of likely N-dealkylation sites (tertiary alicyclic amines) is 1. The Morgan fingerprint density at radius 3 is 2.62 bits per heavy atom. The Hall–Kier alpha value is -2.82. The lowest BCUT2D eigenvalue weighted by Crippen LogP contribution is -2.47. The minimum absolute atomic E-state index is 0.000439. The third-order valence-electron chi connectivity index (χ3n) is 5.34. The topological polar surface area (TPSA) is 52.7 Å². The van der Waals surface area contributed by atoms with Crippen LogP contribution in [0.4, 0.5) is 4.79 Å². The Morgan fingerprint density at radius 2 is 1.90 bits per heavy atom. The molecule has 1 N–H and O–H groups in total. The highest BCUT2D eigenvalue weighted by Crippen LogP contribution is 2.28. The molecule has 1 unspecified atom stereocenters. The first-order valence-corrected chi connectivity index (χ1v) is 10.4. The summed E-state index contributed by atoms with van der Waals surface area (Å²) in [5.74, 6) is 0.273. The molecule has 5 nitrogen and oxygen atoms in total. The molecule has 0 aliphatic carbocycles. The zero-order chi connectivity index (χ0) is 20.8. The van der Waals surface area contributed by atoms with Crippen molar-refractivity contribution in [3.63, 3.8) is 0 Å². The summed E-state index contributed by atoms with van der Waals surface area (Å²) in [4.78, 5) is 28.9. The maximum absolute atomic E-state index is 12.9. The van der Waals surface area contributed by atoms with E-state index in [-0.39, 0.29) is 23.9 Å². The van der Waals surface area contributed by atoms with E-state index in [0.29, 0.717) is 18.7 Å². The SMILES string of the molecule is CC(C)NC(=O)N1CCCC(c2cccc(C(=O)N(C)Cc3ccccc3)c2)C1. The van der Waals surface area contributed by atoms with Crippen molar-refractivity contribution < 1.29 is 9.59 Å². The zero-order valence-electron chi connectivity index (χ0n) is 17.6. The fourth-order valence-electron chi connectivity index (χ4n) is 3.85. The Labute approximate surface area is 173 Å². The number of carbonyl (C=O) groups excluding carboxylic acids is 2. The van der Waals surface area contributed by atoms with Crippen LogP contribution in [0.1, 0.15) is 54.1 Å². The fraction of sp³-hybridized carbons (Fsp3) is 0.417. The van der Waals surface area contributed by atoms with Gasteiger partial charge in [-0.1, -0.05) is 42.5 Å². The summed E-state index contributed by atoms with van der Waals surface area (Å²) in [7, 11) is 1.83. The number of benzene rings is 2. The van der Waals surface area contributed by atoms with Gasteiger partial charge in [0.1, 0.15) is 0 Å². The standard InChI is InChI=1S/C24H31N3O2/c1-18(2)25-24(29)27-14-8-13-22(17-27)20-11-7-12-21(15-20)23(28)26(3)16-19-9-5-4-6-10-19/h4-7,9-12,15,18,22H,8,13-14,16-17H2,1-3H3,(H,25,29). The first-order chi connectivity index (χ1) is 13.9. The van der Waals surface area contributed by atoms with Crippen molar-refractivity contribution in [1.82, 2.24) is 15.1 Å². The predicted molar refractivity (Wildman–Crippen MR) is 116 cm³/mol. The number of piperidine rings is 1. The van der Waals surface area contributed by atoms with Crippen LogP contribution in [0.2, 0.25) is 0 Å². The van der Waals surface area contributed by atoms with Gasteiger partial charge >= 0.3 is 6.03 Å². The highest BCUT2D eigenvalue weighted by molar-refractivity contribution is 5.94. The Kier molecular flexibility index (Phi) is 6.91. The van der Waals surface area contributed by atoms with Gasteiger partial charge in [-0.05, 0) is 49.9 Å². The van der Waals surface area contributed by atoms with Crippen LogP contribution in [0.5, 0.6) is 0 Å². The second-order valence-electron chi connectivity index (χ2n) is 8.16. The quantitative estimate of drug-likeness (QED) is 0.825. The molecule has 1 aliphatic heterocycles. The average molecular weight is 394 g/mol. The van der Waals surface area contributed by atoms with Gasteiger partial charge in [-0.25, -0.2) is 4.79 Å². The second kappa shape index (κ2) is 9.59. The van der Waals surface area contributed by atoms with Crippen molar-refractivity contribution in [2.75, 3.05) is 20.1 Å². The number of hydrogen-bond acceptors (Lipinski definition) is 2. The van der Waals surface area contributed by atoms with Crippen LogP contribution in [-0.2, 0) is 6.54 Å². The van der Waals surface area contributed by atoms with Crippen molar-refractivity contribution >= 4 is 11.9 Å². The molecule has 1 aliphatic rings. The minimum atomic E-state index is -0.000439. The van der Waals surface area contributed by atoms with Crippen molar-refractivity contribution in [2.24, 2.45) is 0 Å². The highest BCUT2D eigenvalue weighted by atomic mass is 16.2. The molecule has 0 radical (unpaired) electrons. The summed E-state index contributed by atoms with van der Waals surface area (Å²) in [6.45, 7) is 6.00. The first-order valence-electron chi connectivity index (χ1n) is 10.4. The van der Waals surface area contributed by atoms with E-state index < -0.39 is 0 Å². The van der Waals surface area contributed by atoms with Crippen LogP contribution >= 0.6 is 0 Å². The monoisotopic (exact) mass is 393 g/mol. The molecule has 154 valence electrons. The van der Waals surface area contributed by atoms with Gasteiger partial charge in [0.15, 0.2) is 0 Å². The Balaban J connectivity index is 1.68. The van der Waals surface area contributed by atoms with Gasteiger partial charge in [-0.2, -0.15) is 0 Å². The maximum Gasteiger partial charge on any atom is 0.317 e. The van der Waals surface area contributed by atoms with E-state index in [2.05, 4.69) is 11.4 Å². The Morgan fingerprint density at radius 1 is 1.14 bits per heavy atom. The zero-order valence-corrected chi connectivity index (χ0v) is 17.6. The van der Waals surface area contributed by atoms with Gasteiger partial charge in [-0.15, -0.1) is 0 Å². The normalized spacial score (nSPS) is 16.6. The summed E-state index contributed by atoms with van der Waals surface area (Å²) in [5.41, 5.74) is 2.94. The molecule has 2 aromatic rings. The van der Waals surface area contributed by atoms with Gasteiger partial charge in [0.25, 0.3) is 5.91 Å². The van der Waals surface area contributed by atoms with E-state index in [9.17, 15) is 9.59 Å².